The molecule has 3 heterocycles. The van der Waals surface area contributed by atoms with Gasteiger partial charge in [-0.15, -0.1) is 23.7 Å². The Morgan fingerprint density at radius 1 is 1.29 bits per heavy atom. The first-order chi connectivity index (χ1) is 9.79. The molecule has 1 aromatic rings. The van der Waals surface area contributed by atoms with E-state index in [-0.39, 0.29) is 12.4 Å². The van der Waals surface area contributed by atoms with Crippen molar-refractivity contribution in [2.24, 2.45) is 5.92 Å². The van der Waals surface area contributed by atoms with Gasteiger partial charge in [0.05, 0.1) is 5.69 Å². The van der Waals surface area contributed by atoms with E-state index < -0.39 is 0 Å². The summed E-state index contributed by atoms with van der Waals surface area (Å²) in [6, 6.07) is 0.616. The van der Waals surface area contributed by atoms with E-state index in [0.717, 1.165) is 16.7 Å². The van der Waals surface area contributed by atoms with Crippen LogP contribution in [0.2, 0.25) is 0 Å². The van der Waals surface area contributed by atoms with Gasteiger partial charge in [-0.05, 0) is 51.6 Å². The lowest BCUT2D eigenvalue weighted by atomic mass is 9.96. The topological polar surface area (TPSA) is 40.2 Å². The zero-order valence-corrected chi connectivity index (χ0v) is 14.4. The van der Waals surface area contributed by atoms with E-state index >= 15 is 0 Å². The predicted molar refractivity (Wildman–Crippen MR) is 92.8 cm³/mol. The van der Waals surface area contributed by atoms with Gasteiger partial charge >= 0.3 is 0 Å². The van der Waals surface area contributed by atoms with Crippen molar-refractivity contribution in [2.45, 2.75) is 38.6 Å². The molecule has 0 amide bonds. The van der Waals surface area contributed by atoms with E-state index in [0.29, 0.717) is 6.04 Å². The third-order valence-electron chi connectivity index (χ3n) is 4.51. The van der Waals surface area contributed by atoms with Crippen molar-refractivity contribution in [1.29, 1.82) is 0 Å². The van der Waals surface area contributed by atoms with Gasteiger partial charge in [0.15, 0.2) is 5.13 Å². The number of rotatable bonds is 4. The summed E-state index contributed by atoms with van der Waals surface area (Å²) < 4.78 is 0. The Labute approximate surface area is 138 Å². The number of nitrogens with one attached hydrogen (secondary N) is 2. The summed E-state index contributed by atoms with van der Waals surface area (Å²) in [5.74, 6) is 0.919. The summed E-state index contributed by atoms with van der Waals surface area (Å²) >= 11 is 1.73. The number of anilines is 1. The van der Waals surface area contributed by atoms with E-state index in [2.05, 4.69) is 32.8 Å². The van der Waals surface area contributed by atoms with Crippen molar-refractivity contribution in [3.8, 4) is 0 Å². The lowest BCUT2D eigenvalue weighted by molar-refractivity contribution is 0.171. The van der Waals surface area contributed by atoms with Crippen molar-refractivity contribution < 1.29 is 0 Å². The molecule has 6 heteroatoms. The highest BCUT2D eigenvalue weighted by atomic mass is 35.5. The fraction of sp³-hybridized carbons (Fsp3) is 0.800. The van der Waals surface area contributed by atoms with Crippen molar-refractivity contribution in [3.63, 3.8) is 0 Å². The van der Waals surface area contributed by atoms with Crippen LogP contribution in [-0.4, -0.2) is 48.6 Å². The minimum absolute atomic E-state index is 0. The average Bonchev–Trinajstić information content (AvgIpc) is 2.88. The molecular weight excluding hydrogens is 304 g/mol. The molecule has 2 saturated heterocycles. The standard InChI is InChI=1S/C15H26N4S.ClH/c1-12-11-20-15(17-12)18-14-4-8-19(9-5-14)10-13-2-6-16-7-3-13;/h11,13-14,16H,2-10H2,1H3,(H,17,18);1H. The van der Waals surface area contributed by atoms with Crippen LogP contribution in [0.3, 0.4) is 0 Å². The molecular formula is C15H27ClN4S. The molecule has 1 aromatic heterocycles. The number of hydrogen-bond acceptors (Lipinski definition) is 5. The maximum Gasteiger partial charge on any atom is 0.183 e. The van der Waals surface area contributed by atoms with Crippen molar-refractivity contribution in [3.05, 3.63) is 11.1 Å². The Kier molecular flexibility index (Phi) is 6.74. The zero-order valence-electron chi connectivity index (χ0n) is 12.8. The van der Waals surface area contributed by atoms with Crippen molar-refractivity contribution in [1.82, 2.24) is 15.2 Å². The van der Waals surface area contributed by atoms with E-state index in [1.165, 1.54) is 58.4 Å². The minimum atomic E-state index is 0. The van der Waals surface area contributed by atoms with Crippen LogP contribution in [-0.2, 0) is 0 Å². The van der Waals surface area contributed by atoms with E-state index in [4.69, 9.17) is 0 Å². The molecule has 2 aliphatic heterocycles. The molecule has 0 radical (unpaired) electrons. The number of halogens is 1. The first kappa shape index (κ1) is 17.0. The normalized spacial score (nSPS) is 22.0. The molecule has 4 nitrogen and oxygen atoms in total. The molecule has 2 N–H and O–H groups in total. The van der Waals surface area contributed by atoms with Gasteiger partial charge in [0.25, 0.3) is 0 Å². The van der Waals surface area contributed by atoms with E-state index in [1.54, 1.807) is 11.3 Å². The number of aryl methyl sites for hydroxylation is 1. The highest BCUT2D eigenvalue weighted by Gasteiger charge is 2.22. The van der Waals surface area contributed by atoms with Crippen LogP contribution in [0.5, 0.6) is 0 Å². The van der Waals surface area contributed by atoms with Gasteiger partial charge in [0, 0.05) is 31.1 Å². The van der Waals surface area contributed by atoms with Crippen LogP contribution in [0.1, 0.15) is 31.4 Å². The molecule has 120 valence electrons. The second-order valence-corrected chi connectivity index (χ2v) is 7.06. The summed E-state index contributed by atoms with van der Waals surface area (Å²) in [5, 5.41) is 10.3. The smallest absolute Gasteiger partial charge is 0.183 e. The lowest BCUT2D eigenvalue weighted by Crippen LogP contribution is -2.43. The summed E-state index contributed by atoms with van der Waals surface area (Å²) in [6.45, 7) is 8.28. The number of piperidine rings is 2. The predicted octanol–water partition coefficient (Wildman–Crippen LogP) is 2.75. The van der Waals surface area contributed by atoms with Crippen molar-refractivity contribution >= 4 is 28.9 Å². The highest BCUT2D eigenvalue weighted by molar-refractivity contribution is 7.13. The monoisotopic (exact) mass is 330 g/mol. The van der Waals surface area contributed by atoms with Gasteiger partial charge in [0.2, 0.25) is 0 Å². The second kappa shape index (κ2) is 8.32. The first-order valence-electron chi connectivity index (χ1n) is 7.91. The maximum absolute atomic E-state index is 4.50. The maximum atomic E-state index is 4.50. The number of aromatic nitrogens is 1. The van der Waals surface area contributed by atoms with E-state index in [1.807, 2.05) is 0 Å². The molecule has 2 fully saturated rings. The quantitative estimate of drug-likeness (QED) is 0.890. The number of thiazole rings is 1. The molecule has 0 unspecified atom stereocenters. The Morgan fingerprint density at radius 2 is 2.00 bits per heavy atom. The van der Waals surface area contributed by atoms with Gasteiger partial charge in [-0.25, -0.2) is 4.98 Å². The zero-order chi connectivity index (χ0) is 13.8. The molecule has 21 heavy (non-hydrogen) atoms. The molecule has 0 spiro atoms. The van der Waals surface area contributed by atoms with Crippen molar-refractivity contribution in [2.75, 3.05) is 38.0 Å². The van der Waals surface area contributed by atoms with Crippen LogP contribution in [0.4, 0.5) is 5.13 Å². The minimum Gasteiger partial charge on any atom is -0.359 e. The summed E-state index contributed by atoms with van der Waals surface area (Å²) in [7, 11) is 0. The largest absolute Gasteiger partial charge is 0.359 e. The summed E-state index contributed by atoms with van der Waals surface area (Å²) in [4.78, 5) is 7.17. The fourth-order valence-corrected chi connectivity index (χ4v) is 4.05. The van der Waals surface area contributed by atoms with Gasteiger partial charge in [-0.3, -0.25) is 0 Å². The lowest BCUT2D eigenvalue weighted by Gasteiger charge is -2.35. The van der Waals surface area contributed by atoms with Gasteiger partial charge < -0.3 is 15.5 Å². The van der Waals surface area contributed by atoms with Gasteiger partial charge in [-0.2, -0.15) is 0 Å². The fourth-order valence-electron chi connectivity index (χ4n) is 3.28. The van der Waals surface area contributed by atoms with Crippen LogP contribution < -0.4 is 10.6 Å². The number of nitrogens with zero attached hydrogens (tertiary/aromatic N) is 2. The molecule has 2 aliphatic rings. The van der Waals surface area contributed by atoms with Crippen LogP contribution in [0.25, 0.3) is 0 Å². The van der Waals surface area contributed by atoms with E-state index in [9.17, 15) is 0 Å². The molecule has 0 aromatic carbocycles. The molecule has 0 saturated carbocycles. The molecule has 0 bridgehead atoms. The molecule has 0 atom stereocenters. The second-order valence-electron chi connectivity index (χ2n) is 6.21. The Balaban J connectivity index is 0.00000161. The van der Waals surface area contributed by atoms with Gasteiger partial charge in [0.1, 0.15) is 0 Å². The van der Waals surface area contributed by atoms with Crippen LogP contribution in [0, 0.1) is 12.8 Å². The SMILES string of the molecule is Cc1csc(NC2CCN(CC3CCNCC3)CC2)n1.Cl. The van der Waals surface area contributed by atoms with Crippen LogP contribution >= 0.6 is 23.7 Å². The Bertz CT molecular complexity index is 412. The number of hydrogen-bond donors (Lipinski definition) is 2. The average molecular weight is 331 g/mol. The molecule has 0 aliphatic carbocycles. The summed E-state index contributed by atoms with van der Waals surface area (Å²) in [5.41, 5.74) is 1.13. The summed E-state index contributed by atoms with van der Waals surface area (Å²) in [6.07, 6.45) is 5.22. The van der Waals surface area contributed by atoms with Crippen LogP contribution in [0.15, 0.2) is 5.38 Å². The third kappa shape index (κ3) is 5.09. The first-order valence-corrected chi connectivity index (χ1v) is 8.79. The number of likely N-dealkylation sites (tertiary alicyclic amines) is 1. The van der Waals surface area contributed by atoms with Gasteiger partial charge in [-0.1, -0.05) is 0 Å². The highest BCUT2D eigenvalue weighted by Crippen LogP contribution is 2.21. The molecule has 3 rings (SSSR count). The Hall–Kier alpha value is -0.360. The third-order valence-corrected chi connectivity index (χ3v) is 5.40. The Morgan fingerprint density at radius 3 is 2.62 bits per heavy atom.